The Kier molecular flexibility index (Phi) is 4.74. The van der Waals surface area contributed by atoms with Crippen LogP contribution >= 0.6 is 0 Å². The number of piperazine rings is 1. The number of benzene rings is 2. The molecular weight excluding hydrogens is 368 g/mol. The molecule has 4 rings (SSSR count). The van der Waals surface area contributed by atoms with Gasteiger partial charge in [0.25, 0.3) is 0 Å². The molecule has 1 saturated heterocycles. The van der Waals surface area contributed by atoms with Gasteiger partial charge in [0, 0.05) is 24.7 Å². The first-order valence-corrected chi connectivity index (χ1v) is 9.64. The Labute approximate surface area is 162 Å². The van der Waals surface area contributed by atoms with E-state index in [4.69, 9.17) is 0 Å². The molecule has 6 heteroatoms. The molecule has 2 aromatic rings. The number of fused-ring (bicyclic) bond motifs is 1. The third-order valence-corrected chi connectivity index (χ3v) is 6.43. The van der Waals surface area contributed by atoms with E-state index in [-0.39, 0.29) is 24.4 Å². The topological polar surface area (TPSA) is 15.3 Å². The van der Waals surface area contributed by atoms with Crippen molar-refractivity contribution in [2.24, 2.45) is 0 Å². The van der Waals surface area contributed by atoms with E-state index in [2.05, 4.69) is 5.32 Å². The van der Waals surface area contributed by atoms with Gasteiger partial charge in [-0.15, -0.1) is 0 Å². The molecule has 1 heterocycles. The van der Waals surface area contributed by atoms with Crippen LogP contribution in [0.15, 0.2) is 48.5 Å². The van der Waals surface area contributed by atoms with Gasteiger partial charge in [-0.25, -0.2) is 4.39 Å². The molecular formula is C22H24F4N2. The van der Waals surface area contributed by atoms with Gasteiger partial charge in [-0.1, -0.05) is 36.4 Å². The third kappa shape index (κ3) is 3.03. The molecule has 4 atom stereocenters. The first-order chi connectivity index (χ1) is 13.2. The van der Waals surface area contributed by atoms with E-state index in [1.165, 1.54) is 19.1 Å². The van der Waals surface area contributed by atoms with Crippen LogP contribution in [0.2, 0.25) is 0 Å². The highest BCUT2D eigenvalue weighted by Crippen LogP contribution is 2.49. The molecule has 150 valence electrons. The van der Waals surface area contributed by atoms with Crippen LogP contribution in [0, 0.1) is 5.82 Å². The Bertz CT molecular complexity index is 848. The maximum Gasteiger partial charge on any atom is 0.407 e. The van der Waals surface area contributed by atoms with Crippen molar-refractivity contribution in [3.05, 3.63) is 71.0 Å². The van der Waals surface area contributed by atoms with Crippen LogP contribution in [-0.2, 0) is 6.42 Å². The second-order valence-corrected chi connectivity index (χ2v) is 8.08. The smallest absolute Gasteiger partial charge is 0.306 e. The lowest BCUT2D eigenvalue weighted by Gasteiger charge is -2.55. The van der Waals surface area contributed by atoms with Crippen molar-refractivity contribution in [3.8, 4) is 0 Å². The van der Waals surface area contributed by atoms with Gasteiger partial charge in [-0.05, 0) is 55.5 Å². The molecule has 28 heavy (non-hydrogen) atoms. The minimum absolute atomic E-state index is 0.207. The molecule has 1 N–H and O–H groups in total. The Morgan fingerprint density at radius 1 is 1.07 bits per heavy atom. The Morgan fingerprint density at radius 3 is 2.43 bits per heavy atom. The highest BCUT2D eigenvalue weighted by Gasteiger charge is 2.61. The first kappa shape index (κ1) is 19.4. The standard InChI is InChI=1S/C22H24F4N2/c1-14-20(16-7-10-17(23)11-8-16)27-13-21(2,22(24,25)26)28(14)19-12-9-15-5-3-4-6-18(15)19/h3-8,10-11,14,19-20,27H,9,12-13H2,1-2H3. The predicted molar refractivity (Wildman–Crippen MR) is 100 cm³/mol. The van der Waals surface area contributed by atoms with Crippen molar-refractivity contribution in [1.82, 2.24) is 10.2 Å². The fraction of sp³-hybridized carbons (Fsp3) is 0.455. The summed E-state index contributed by atoms with van der Waals surface area (Å²) in [5.74, 6) is -0.353. The van der Waals surface area contributed by atoms with Gasteiger partial charge in [0.15, 0.2) is 0 Å². The number of halogens is 4. The highest BCUT2D eigenvalue weighted by atomic mass is 19.4. The van der Waals surface area contributed by atoms with E-state index in [0.29, 0.717) is 6.42 Å². The Morgan fingerprint density at radius 2 is 1.75 bits per heavy atom. The number of alkyl halides is 3. The van der Waals surface area contributed by atoms with Crippen LogP contribution in [0.5, 0.6) is 0 Å². The molecule has 0 aromatic heterocycles. The Balaban J connectivity index is 1.76. The fourth-order valence-corrected chi connectivity index (χ4v) is 4.95. The van der Waals surface area contributed by atoms with Crippen molar-refractivity contribution < 1.29 is 17.6 Å². The molecule has 0 radical (unpaired) electrons. The van der Waals surface area contributed by atoms with Gasteiger partial charge in [0.05, 0.1) is 0 Å². The Hall–Kier alpha value is -1.92. The molecule has 0 saturated carbocycles. The fourth-order valence-electron chi connectivity index (χ4n) is 4.95. The normalized spacial score (nSPS) is 31.0. The molecule has 2 aliphatic rings. The molecule has 1 aliphatic carbocycles. The van der Waals surface area contributed by atoms with E-state index >= 15 is 0 Å². The van der Waals surface area contributed by atoms with Crippen molar-refractivity contribution in [2.45, 2.75) is 56.5 Å². The molecule has 4 unspecified atom stereocenters. The van der Waals surface area contributed by atoms with E-state index in [1.807, 2.05) is 31.2 Å². The average Bonchev–Trinajstić information content (AvgIpc) is 3.06. The molecule has 1 aliphatic heterocycles. The monoisotopic (exact) mass is 392 g/mol. The molecule has 1 fully saturated rings. The molecule has 0 spiro atoms. The predicted octanol–water partition coefficient (Wildman–Crippen LogP) is 5.17. The summed E-state index contributed by atoms with van der Waals surface area (Å²) in [6.45, 7) is 2.92. The van der Waals surface area contributed by atoms with Gasteiger partial charge in [0.1, 0.15) is 11.4 Å². The average molecular weight is 392 g/mol. The number of hydrogen-bond donors (Lipinski definition) is 1. The summed E-state index contributed by atoms with van der Waals surface area (Å²) in [7, 11) is 0. The number of hydrogen-bond acceptors (Lipinski definition) is 2. The molecule has 2 nitrogen and oxygen atoms in total. The summed E-state index contributed by atoms with van der Waals surface area (Å²) in [6.07, 6.45) is -2.92. The minimum atomic E-state index is -4.38. The SMILES string of the molecule is CC1C(c2ccc(F)cc2)NCC(C)(C(F)(F)F)N1C1CCc2ccccc21. The largest absolute Gasteiger partial charge is 0.407 e. The highest BCUT2D eigenvalue weighted by molar-refractivity contribution is 5.36. The number of nitrogens with one attached hydrogen (secondary N) is 1. The van der Waals surface area contributed by atoms with Crippen molar-refractivity contribution in [1.29, 1.82) is 0 Å². The lowest BCUT2D eigenvalue weighted by molar-refractivity contribution is -0.250. The quantitative estimate of drug-likeness (QED) is 0.710. The van der Waals surface area contributed by atoms with E-state index in [9.17, 15) is 17.6 Å². The van der Waals surface area contributed by atoms with E-state index in [0.717, 1.165) is 23.1 Å². The van der Waals surface area contributed by atoms with Gasteiger partial charge in [-0.2, -0.15) is 13.2 Å². The summed E-state index contributed by atoms with van der Waals surface area (Å²) >= 11 is 0. The summed E-state index contributed by atoms with van der Waals surface area (Å²) < 4.78 is 56.0. The zero-order valence-electron chi connectivity index (χ0n) is 15.9. The van der Waals surface area contributed by atoms with Gasteiger partial charge in [-0.3, -0.25) is 4.90 Å². The van der Waals surface area contributed by atoms with Gasteiger partial charge >= 0.3 is 6.18 Å². The van der Waals surface area contributed by atoms with Crippen LogP contribution in [0.3, 0.4) is 0 Å². The van der Waals surface area contributed by atoms with Crippen LogP contribution in [0.1, 0.15) is 49.0 Å². The zero-order valence-corrected chi connectivity index (χ0v) is 15.9. The van der Waals surface area contributed by atoms with Crippen molar-refractivity contribution >= 4 is 0 Å². The minimum Gasteiger partial charge on any atom is -0.306 e. The summed E-state index contributed by atoms with van der Waals surface area (Å²) in [5.41, 5.74) is 0.936. The summed E-state index contributed by atoms with van der Waals surface area (Å²) in [5, 5.41) is 3.10. The third-order valence-electron chi connectivity index (χ3n) is 6.43. The zero-order chi connectivity index (χ0) is 20.1. The number of nitrogens with zero attached hydrogens (tertiary/aromatic N) is 1. The summed E-state index contributed by atoms with van der Waals surface area (Å²) in [4.78, 5) is 1.66. The van der Waals surface area contributed by atoms with Crippen LogP contribution in [0.4, 0.5) is 17.6 Å². The van der Waals surface area contributed by atoms with Crippen LogP contribution in [-0.4, -0.2) is 29.2 Å². The van der Waals surface area contributed by atoms with E-state index in [1.54, 1.807) is 17.0 Å². The maximum absolute atomic E-state index is 14.2. The maximum atomic E-state index is 14.2. The second-order valence-electron chi connectivity index (χ2n) is 8.08. The van der Waals surface area contributed by atoms with Gasteiger partial charge < -0.3 is 5.32 Å². The first-order valence-electron chi connectivity index (χ1n) is 9.64. The molecule has 2 aromatic carbocycles. The van der Waals surface area contributed by atoms with Crippen LogP contribution < -0.4 is 5.32 Å². The second kappa shape index (κ2) is 6.85. The van der Waals surface area contributed by atoms with Crippen molar-refractivity contribution in [3.63, 3.8) is 0 Å². The number of rotatable bonds is 2. The van der Waals surface area contributed by atoms with Gasteiger partial charge in [0.2, 0.25) is 0 Å². The van der Waals surface area contributed by atoms with Crippen molar-refractivity contribution in [2.75, 3.05) is 6.54 Å². The molecule has 0 amide bonds. The number of aryl methyl sites for hydroxylation is 1. The molecule has 0 bridgehead atoms. The lowest BCUT2D eigenvalue weighted by atomic mass is 9.84. The van der Waals surface area contributed by atoms with Crippen LogP contribution in [0.25, 0.3) is 0 Å². The lowest BCUT2D eigenvalue weighted by Crippen LogP contribution is -2.70. The van der Waals surface area contributed by atoms with E-state index < -0.39 is 17.8 Å². The summed E-state index contributed by atoms with van der Waals surface area (Å²) in [6, 6.07) is 12.8.